The minimum absolute atomic E-state index is 0.00634. The summed E-state index contributed by atoms with van der Waals surface area (Å²) in [6, 6.07) is 23.0. The van der Waals surface area contributed by atoms with Gasteiger partial charge in [-0.15, -0.1) is 0 Å². The van der Waals surface area contributed by atoms with E-state index < -0.39 is 0 Å². The average Bonchev–Trinajstić information content (AvgIpc) is 3.16. The number of nitrogens with zero attached hydrogens (tertiary/aromatic N) is 1. The van der Waals surface area contributed by atoms with Gasteiger partial charge in [0, 0.05) is 43.2 Å². The van der Waals surface area contributed by atoms with E-state index in [0.717, 1.165) is 49.1 Å². The number of amides is 1. The van der Waals surface area contributed by atoms with Crippen molar-refractivity contribution in [2.75, 3.05) is 26.2 Å². The number of nitrogens with one attached hydrogen (secondary N) is 2. The average molecular weight is 400 g/mol. The van der Waals surface area contributed by atoms with Crippen molar-refractivity contribution >= 4 is 16.7 Å². The van der Waals surface area contributed by atoms with Crippen molar-refractivity contribution in [3.63, 3.8) is 0 Å². The molecule has 1 spiro atoms. The van der Waals surface area contributed by atoms with Gasteiger partial charge < -0.3 is 15.5 Å². The highest BCUT2D eigenvalue weighted by Gasteiger charge is 2.42. The van der Waals surface area contributed by atoms with Crippen molar-refractivity contribution in [1.29, 1.82) is 0 Å². The molecule has 2 N–H and O–H groups in total. The molecule has 30 heavy (non-hydrogen) atoms. The lowest BCUT2D eigenvalue weighted by Gasteiger charge is -2.36. The van der Waals surface area contributed by atoms with Gasteiger partial charge in [-0.1, -0.05) is 54.6 Å². The first-order valence-corrected chi connectivity index (χ1v) is 10.9. The monoisotopic (exact) mass is 399 g/mol. The third kappa shape index (κ3) is 3.62. The number of likely N-dealkylation sites (tertiary alicyclic amines) is 1. The van der Waals surface area contributed by atoms with Crippen LogP contribution < -0.4 is 10.6 Å². The summed E-state index contributed by atoms with van der Waals surface area (Å²) in [4.78, 5) is 15.3. The number of hydrogen-bond acceptors (Lipinski definition) is 3. The summed E-state index contributed by atoms with van der Waals surface area (Å²) >= 11 is 0. The second-order valence-corrected chi connectivity index (χ2v) is 8.96. The molecule has 0 aromatic heterocycles. The highest BCUT2D eigenvalue weighted by Crippen LogP contribution is 2.38. The Bertz CT molecular complexity index is 1080. The topological polar surface area (TPSA) is 44.4 Å². The molecule has 0 aliphatic carbocycles. The number of hydrogen-bond donors (Lipinski definition) is 2. The lowest BCUT2D eigenvalue weighted by molar-refractivity contribution is 0.0931. The van der Waals surface area contributed by atoms with Gasteiger partial charge in [-0.05, 0) is 53.9 Å². The molecule has 0 bridgehead atoms. The summed E-state index contributed by atoms with van der Waals surface area (Å²) < 4.78 is 0. The molecule has 1 amide bonds. The van der Waals surface area contributed by atoms with Crippen LogP contribution in [0.4, 0.5) is 0 Å². The summed E-state index contributed by atoms with van der Waals surface area (Å²) in [5.41, 5.74) is 3.88. The van der Waals surface area contributed by atoms with E-state index >= 15 is 0 Å². The summed E-state index contributed by atoms with van der Waals surface area (Å²) in [6.07, 6.45) is 1.17. The summed E-state index contributed by atoms with van der Waals surface area (Å²) in [5.74, 6) is 0.00634. The lowest BCUT2D eigenvalue weighted by atomic mass is 9.75. The van der Waals surface area contributed by atoms with Gasteiger partial charge >= 0.3 is 0 Å². The van der Waals surface area contributed by atoms with E-state index in [-0.39, 0.29) is 17.4 Å². The van der Waals surface area contributed by atoms with E-state index in [1.54, 1.807) is 0 Å². The van der Waals surface area contributed by atoms with Gasteiger partial charge in [0.2, 0.25) is 0 Å². The Morgan fingerprint density at radius 1 is 1.10 bits per heavy atom. The van der Waals surface area contributed by atoms with Crippen LogP contribution in [0.15, 0.2) is 66.7 Å². The minimum Gasteiger partial charge on any atom is -0.348 e. The second-order valence-electron chi connectivity index (χ2n) is 8.96. The first-order valence-electron chi connectivity index (χ1n) is 10.9. The Labute approximate surface area is 178 Å². The Balaban J connectivity index is 1.23. The molecule has 3 aromatic rings. The van der Waals surface area contributed by atoms with Gasteiger partial charge in [0.1, 0.15) is 0 Å². The molecule has 2 atom stereocenters. The predicted octanol–water partition coefficient (Wildman–Crippen LogP) is 3.71. The third-order valence-electron chi connectivity index (χ3n) is 6.72. The van der Waals surface area contributed by atoms with Gasteiger partial charge in [0.15, 0.2) is 0 Å². The summed E-state index contributed by atoms with van der Waals surface area (Å²) in [6.45, 7) is 7.12. The molecule has 1 fully saturated rings. The van der Waals surface area contributed by atoms with Gasteiger partial charge in [0.25, 0.3) is 5.91 Å². The molecule has 1 unspecified atom stereocenters. The Morgan fingerprint density at radius 3 is 2.80 bits per heavy atom. The van der Waals surface area contributed by atoms with Crippen molar-refractivity contribution < 1.29 is 4.79 Å². The maximum Gasteiger partial charge on any atom is 0.251 e. The molecule has 5 rings (SSSR count). The van der Waals surface area contributed by atoms with E-state index in [2.05, 4.69) is 58.9 Å². The smallest absolute Gasteiger partial charge is 0.251 e. The van der Waals surface area contributed by atoms with Crippen LogP contribution >= 0.6 is 0 Å². The summed E-state index contributed by atoms with van der Waals surface area (Å²) in [5, 5.41) is 9.08. The zero-order chi connectivity index (χ0) is 20.6. The van der Waals surface area contributed by atoms with Gasteiger partial charge in [-0.25, -0.2) is 0 Å². The first-order chi connectivity index (χ1) is 14.6. The largest absolute Gasteiger partial charge is 0.348 e. The van der Waals surface area contributed by atoms with Crippen molar-refractivity contribution in [3.8, 4) is 0 Å². The fraction of sp³-hybridized carbons (Fsp3) is 0.346. The predicted molar refractivity (Wildman–Crippen MR) is 122 cm³/mol. The van der Waals surface area contributed by atoms with Crippen LogP contribution in [0.2, 0.25) is 0 Å². The zero-order valence-corrected chi connectivity index (χ0v) is 17.5. The molecule has 0 saturated carbocycles. The Hall–Kier alpha value is -2.69. The maximum atomic E-state index is 12.8. The van der Waals surface area contributed by atoms with Crippen LogP contribution in [0.3, 0.4) is 0 Å². The Kier molecular flexibility index (Phi) is 5.05. The lowest BCUT2D eigenvalue weighted by Crippen LogP contribution is -2.47. The molecule has 4 nitrogen and oxygen atoms in total. The molecular formula is C26H29N3O. The standard InChI is InChI=1S/C26H29N3O/c1-19(28-25(30)22-11-10-20-6-2-3-7-21(20)14-22)16-29-13-12-26(18-29)17-27-15-23-8-4-5-9-24(23)26/h2-11,14,19,27H,12-13,15-18H2,1H3,(H,28,30)/t19-,26?/m0/s1. The zero-order valence-electron chi connectivity index (χ0n) is 17.5. The quantitative estimate of drug-likeness (QED) is 0.703. The van der Waals surface area contributed by atoms with E-state index in [9.17, 15) is 4.79 Å². The molecule has 1 saturated heterocycles. The van der Waals surface area contributed by atoms with E-state index in [0.29, 0.717) is 0 Å². The van der Waals surface area contributed by atoms with Crippen LogP contribution in [0, 0.1) is 0 Å². The number of rotatable bonds is 4. The maximum absolute atomic E-state index is 12.8. The highest BCUT2D eigenvalue weighted by atomic mass is 16.1. The molecule has 2 aliphatic heterocycles. The van der Waals surface area contributed by atoms with Crippen LogP contribution in [0.1, 0.15) is 34.8 Å². The number of fused-ring (bicyclic) bond motifs is 3. The van der Waals surface area contributed by atoms with Crippen LogP contribution in [0.25, 0.3) is 10.8 Å². The van der Waals surface area contributed by atoms with Crippen LogP contribution in [-0.2, 0) is 12.0 Å². The van der Waals surface area contributed by atoms with E-state index in [4.69, 9.17) is 0 Å². The van der Waals surface area contributed by atoms with Crippen LogP contribution in [0.5, 0.6) is 0 Å². The third-order valence-corrected chi connectivity index (χ3v) is 6.72. The molecule has 3 aromatic carbocycles. The number of carbonyl (C=O) groups is 1. The van der Waals surface area contributed by atoms with Gasteiger partial charge in [0.05, 0.1) is 0 Å². The van der Waals surface area contributed by atoms with Crippen molar-refractivity contribution in [1.82, 2.24) is 15.5 Å². The van der Waals surface area contributed by atoms with Crippen molar-refractivity contribution in [2.45, 2.75) is 31.3 Å². The number of benzene rings is 3. The summed E-state index contributed by atoms with van der Waals surface area (Å²) in [7, 11) is 0. The molecule has 2 aliphatic rings. The van der Waals surface area contributed by atoms with E-state index in [1.807, 2.05) is 30.3 Å². The Morgan fingerprint density at radius 2 is 1.90 bits per heavy atom. The van der Waals surface area contributed by atoms with E-state index in [1.165, 1.54) is 17.5 Å². The van der Waals surface area contributed by atoms with Gasteiger partial charge in [-0.3, -0.25) is 4.79 Å². The highest BCUT2D eigenvalue weighted by molar-refractivity contribution is 5.98. The normalized spacial score (nSPS) is 22.2. The minimum atomic E-state index is 0.00634. The molecular weight excluding hydrogens is 370 g/mol. The van der Waals surface area contributed by atoms with Crippen molar-refractivity contribution in [3.05, 3.63) is 83.4 Å². The molecule has 2 heterocycles. The van der Waals surface area contributed by atoms with Crippen molar-refractivity contribution in [2.24, 2.45) is 0 Å². The second kappa shape index (κ2) is 7.86. The van der Waals surface area contributed by atoms with Gasteiger partial charge in [-0.2, -0.15) is 0 Å². The molecule has 154 valence electrons. The fourth-order valence-corrected chi connectivity index (χ4v) is 5.27. The fourth-order valence-electron chi connectivity index (χ4n) is 5.27. The first kappa shape index (κ1) is 19.3. The molecule has 0 radical (unpaired) electrons. The van der Waals surface area contributed by atoms with Crippen LogP contribution in [-0.4, -0.2) is 43.0 Å². The SMILES string of the molecule is C[C@@H](CN1CCC2(CNCc3ccccc32)C1)NC(=O)c1ccc2ccccc2c1. The number of carbonyl (C=O) groups excluding carboxylic acids is 1. The molecule has 4 heteroatoms.